The first-order valence-corrected chi connectivity index (χ1v) is 10.4. The Hall–Kier alpha value is -2.45. The lowest BCUT2D eigenvalue weighted by molar-refractivity contribution is 0.0978. The van der Waals surface area contributed by atoms with Gasteiger partial charge in [-0.25, -0.2) is 4.98 Å². The van der Waals surface area contributed by atoms with Gasteiger partial charge in [-0.1, -0.05) is 31.3 Å². The number of ether oxygens (including phenoxy) is 1. The smallest absolute Gasteiger partial charge is 0.280 e. The first-order chi connectivity index (χ1) is 13.6. The Bertz CT molecular complexity index is 932. The van der Waals surface area contributed by atoms with Gasteiger partial charge in [-0.3, -0.25) is 14.4 Å². The van der Waals surface area contributed by atoms with Crippen molar-refractivity contribution in [3.8, 4) is 5.75 Å². The summed E-state index contributed by atoms with van der Waals surface area (Å²) in [6.07, 6.45) is 1.83. The van der Waals surface area contributed by atoms with Crippen LogP contribution in [0, 0.1) is 0 Å². The number of anilines is 1. The van der Waals surface area contributed by atoms with Crippen LogP contribution in [0.2, 0.25) is 0 Å². The van der Waals surface area contributed by atoms with E-state index in [1.165, 1.54) is 11.3 Å². The van der Waals surface area contributed by atoms with Gasteiger partial charge in [0.2, 0.25) is 0 Å². The number of para-hydroxylation sites is 1. The fourth-order valence-electron chi connectivity index (χ4n) is 3.05. The maximum absolute atomic E-state index is 13.3. The Morgan fingerprint density at radius 3 is 2.61 bits per heavy atom. The van der Waals surface area contributed by atoms with Crippen LogP contribution in [0.3, 0.4) is 0 Å². The molecular formula is C20H27N5O2S. The SMILES string of the molecule is CCN(CC)CCN(C(=O)c1ccn(CC)n1)c1nc2c(OC)cccc2s1. The van der Waals surface area contributed by atoms with Crippen LogP contribution in [0.1, 0.15) is 31.3 Å². The molecule has 0 N–H and O–H groups in total. The molecule has 3 aromatic rings. The third kappa shape index (κ3) is 4.18. The molecule has 0 aliphatic heterocycles. The number of carbonyl (C=O) groups excluding carboxylic acids is 1. The normalized spacial score (nSPS) is 11.3. The van der Waals surface area contributed by atoms with Crippen molar-refractivity contribution in [2.45, 2.75) is 27.3 Å². The molecule has 2 heterocycles. The summed E-state index contributed by atoms with van der Waals surface area (Å²) in [6, 6.07) is 7.59. The summed E-state index contributed by atoms with van der Waals surface area (Å²) >= 11 is 1.50. The van der Waals surface area contributed by atoms with Crippen molar-refractivity contribution in [2.24, 2.45) is 0 Å². The zero-order valence-electron chi connectivity index (χ0n) is 16.9. The highest BCUT2D eigenvalue weighted by atomic mass is 32.1. The minimum absolute atomic E-state index is 0.127. The standard InChI is InChI=1S/C20H27N5O2S/c1-5-23(6-2)13-14-25(19(26)15-11-12-24(7-3)22-15)20-21-18-16(27-4)9-8-10-17(18)28-20/h8-12H,5-7,13-14H2,1-4H3. The van der Waals surface area contributed by atoms with Gasteiger partial charge in [0.15, 0.2) is 10.8 Å². The number of rotatable bonds is 9. The second-order valence-corrected chi connectivity index (χ2v) is 7.35. The van der Waals surface area contributed by atoms with E-state index in [0.29, 0.717) is 23.1 Å². The van der Waals surface area contributed by atoms with Crippen molar-refractivity contribution in [1.29, 1.82) is 0 Å². The molecule has 0 aliphatic rings. The maximum Gasteiger partial charge on any atom is 0.280 e. The molecule has 150 valence electrons. The predicted molar refractivity (Wildman–Crippen MR) is 114 cm³/mol. The average molecular weight is 402 g/mol. The van der Waals surface area contributed by atoms with Gasteiger partial charge in [0.1, 0.15) is 11.3 Å². The summed E-state index contributed by atoms with van der Waals surface area (Å²) in [7, 11) is 1.63. The van der Waals surface area contributed by atoms with E-state index in [1.54, 1.807) is 22.8 Å². The minimum atomic E-state index is -0.127. The number of amides is 1. The number of aromatic nitrogens is 3. The molecule has 0 atom stereocenters. The van der Waals surface area contributed by atoms with E-state index < -0.39 is 0 Å². The zero-order chi connectivity index (χ0) is 20.1. The predicted octanol–water partition coefficient (Wildman–Crippen LogP) is 3.51. The fourth-order valence-corrected chi connectivity index (χ4v) is 4.05. The minimum Gasteiger partial charge on any atom is -0.494 e. The molecule has 3 rings (SSSR count). The topological polar surface area (TPSA) is 63.5 Å². The summed E-state index contributed by atoms with van der Waals surface area (Å²) in [5.41, 5.74) is 1.22. The summed E-state index contributed by atoms with van der Waals surface area (Å²) in [6.45, 7) is 10.2. The van der Waals surface area contributed by atoms with E-state index in [-0.39, 0.29) is 5.91 Å². The largest absolute Gasteiger partial charge is 0.494 e. The van der Waals surface area contributed by atoms with Crippen LogP contribution in [0.5, 0.6) is 5.75 Å². The van der Waals surface area contributed by atoms with Crippen molar-refractivity contribution < 1.29 is 9.53 Å². The van der Waals surface area contributed by atoms with Gasteiger partial charge in [0, 0.05) is 25.8 Å². The number of benzene rings is 1. The first kappa shape index (κ1) is 20.3. The van der Waals surface area contributed by atoms with Crippen molar-refractivity contribution >= 4 is 32.6 Å². The number of likely N-dealkylation sites (N-methyl/N-ethyl adjacent to an activating group) is 1. The lowest BCUT2D eigenvalue weighted by Gasteiger charge is -2.24. The summed E-state index contributed by atoms with van der Waals surface area (Å²) in [4.78, 5) is 22.0. The molecule has 0 radical (unpaired) electrons. The third-order valence-corrected chi connectivity index (χ3v) is 5.83. The molecule has 0 saturated heterocycles. The molecule has 8 heteroatoms. The highest BCUT2D eigenvalue weighted by Gasteiger charge is 2.24. The summed E-state index contributed by atoms with van der Waals surface area (Å²) < 4.78 is 8.19. The van der Waals surface area contributed by atoms with Crippen LogP contribution in [0.25, 0.3) is 10.2 Å². The van der Waals surface area contributed by atoms with Crippen LogP contribution in [0.4, 0.5) is 5.13 Å². The number of thiazole rings is 1. The lowest BCUT2D eigenvalue weighted by Crippen LogP contribution is -2.39. The number of aryl methyl sites for hydroxylation is 1. The van der Waals surface area contributed by atoms with Gasteiger partial charge in [0.05, 0.1) is 11.8 Å². The van der Waals surface area contributed by atoms with Crippen molar-refractivity contribution in [3.63, 3.8) is 0 Å². The molecule has 28 heavy (non-hydrogen) atoms. The molecule has 0 bridgehead atoms. The molecule has 0 unspecified atom stereocenters. The Kier molecular flexibility index (Phi) is 6.64. The molecule has 0 aliphatic carbocycles. The van der Waals surface area contributed by atoms with Crippen molar-refractivity contribution in [2.75, 3.05) is 38.2 Å². The van der Waals surface area contributed by atoms with Crippen molar-refractivity contribution in [3.05, 3.63) is 36.2 Å². The van der Waals surface area contributed by atoms with Crippen LogP contribution < -0.4 is 9.64 Å². The van der Waals surface area contributed by atoms with E-state index in [0.717, 1.165) is 36.4 Å². The Balaban J connectivity index is 1.96. The highest BCUT2D eigenvalue weighted by Crippen LogP contribution is 2.34. The molecule has 0 fully saturated rings. The fraction of sp³-hybridized carbons (Fsp3) is 0.450. The molecular weight excluding hydrogens is 374 g/mol. The van der Waals surface area contributed by atoms with Crippen LogP contribution in [0.15, 0.2) is 30.5 Å². The van der Waals surface area contributed by atoms with E-state index in [9.17, 15) is 4.79 Å². The number of carbonyl (C=O) groups is 1. The van der Waals surface area contributed by atoms with Gasteiger partial charge in [-0.05, 0) is 38.2 Å². The quantitative estimate of drug-likeness (QED) is 0.549. The van der Waals surface area contributed by atoms with Gasteiger partial charge in [-0.15, -0.1) is 0 Å². The zero-order valence-corrected chi connectivity index (χ0v) is 17.7. The number of nitrogens with zero attached hydrogens (tertiary/aromatic N) is 5. The molecule has 1 amide bonds. The third-order valence-electron chi connectivity index (χ3n) is 4.78. The van der Waals surface area contributed by atoms with E-state index in [2.05, 4.69) is 23.8 Å². The van der Waals surface area contributed by atoms with Crippen molar-refractivity contribution in [1.82, 2.24) is 19.7 Å². The molecule has 0 spiro atoms. The van der Waals surface area contributed by atoms with E-state index >= 15 is 0 Å². The highest BCUT2D eigenvalue weighted by molar-refractivity contribution is 7.22. The summed E-state index contributed by atoms with van der Waals surface area (Å²) in [5, 5.41) is 5.06. The summed E-state index contributed by atoms with van der Waals surface area (Å²) in [5.74, 6) is 0.587. The second-order valence-electron chi connectivity index (χ2n) is 6.34. The van der Waals surface area contributed by atoms with Crippen LogP contribution in [-0.2, 0) is 6.54 Å². The number of fused-ring (bicyclic) bond motifs is 1. The van der Waals surface area contributed by atoms with Gasteiger partial charge in [-0.2, -0.15) is 5.10 Å². The van der Waals surface area contributed by atoms with Crippen LogP contribution in [-0.4, -0.2) is 58.9 Å². The molecule has 0 saturated carbocycles. The van der Waals surface area contributed by atoms with Gasteiger partial charge >= 0.3 is 0 Å². The molecule has 2 aromatic heterocycles. The average Bonchev–Trinajstić information content (AvgIpc) is 3.37. The number of methoxy groups -OCH3 is 1. The first-order valence-electron chi connectivity index (χ1n) is 9.62. The van der Waals surface area contributed by atoms with E-state index in [4.69, 9.17) is 9.72 Å². The number of hydrogen-bond donors (Lipinski definition) is 0. The Morgan fingerprint density at radius 1 is 1.18 bits per heavy atom. The molecule has 7 nitrogen and oxygen atoms in total. The molecule has 1 aromatic carbocycles. The van der Waals surface area contributed by atoms with Gasteiger partial charge < -0.3 is 9.64 Å². The number of hydrogen-bond acceptors (Lipinski definition) is 6. The lowest BCUT2D eigenvalue weighted by atomic mass is 10.3. The second kappa shape index (κ2) is 9.16. The van der Waals surface area contributed by atoms with Gasteiger partial charge in [0.25, 0.3) is 5.91 Å². The monoisotopic (exact) mass is 401 g/mol. The Labute approximate surface area is 169 Å². The van der Waals surface area contributed by atoms with Crippen LogP contribution >= 0.6 is 11.3 Å². The van der Waals surface area contributed by atoms with E-state index in [1.807, 2.05) is 31.3 Å². The maximum atomic E-state index is 13.3. The Morgan fingerprint density at radius 2 is 1.96 bits per heavy atom.